The molecule has 0 atom stereocenters. The van der Waals surface area contributed by atoms with Crippen LogP contribution in [0.15, 0.2) is 30.6 Å². The summed E-state index contributed by atoms with van der Waals surface area (Å²) in [4.78, 5) is 10.9. The van der Waals surface area contributed by atoms with E-state index in [4.69, 9.17) is 11.6 Å². The molecular formula is C15H16ClFN4. The topological polar surface area (TPSA) is 41.1 Å². The second-order valence-electron chi connectivity index (χ2n) is 4.96. The van der Waals surface area contributed by atoms with Crippen molar-refractivity contribution in [2.45, 2.75) is 6.42 Å². The number of rotatable bonds is 2. The van der Waals surface area contributed by atoms with Gasteiger partial charge >= 0.3 is 0 Å². The third-order valence-corrected chi connectivity index (χ3v) is 3.82. The Bertz CT molecular complexity index is 610. The van der Waals surface area contributed by atoms with E-state index in [0.717, 1.165) is 32.6 Å². The van der Waals surface area contributed by atoms with Gasteiger partial charge in [0.1, 0.15) is 5.82 Å². The first-order valence-corrected chi connectivity index (χ1v) is 7.35. The number of benzene rings is 1. The van der Waals surface area contributed by atoms with Gasteiger partial charge in [0, 0.05) is 43.2 Å². The Morgan fingerprint density at radius 1 is 1.14 bits per heavy atom. The second-order valence-corrected chi connectivity index (χ2v) is 5.37. The standard InChI is InChI=1S/C15H16ClFN4/c16-13-4-1-3-12(14(13)17)11-9-19-15(20-10-11)21-7-2-5-18-6-8-21/h1,3-4,9-10,18H,2,5-8H2. The van der Waals surface area contributed by atoms with Gasteiger partial charge in [0.15, 0.2) is 0 Å². The third-order valence-electron chi connectivity index (χ3n) is 3.52. The summed E-state index contributed by atoms with van der Waals surface area (Å²) in [5, 5.41) is 3.44. The maximum atomic E-state index is 14.0. The molecule has 1 aromatic carbocycles. The Morgan fingerprint density at radius 2 is 1.95 bits per heavy atom. The highest BCUT2D eigenvalue weighted by molar-refractivity contribution is 6.31. The molecule has 0 spiro atoms. The zero-order valence-corrected chi connectivity index (χ0v) is 12.3. The molecule has 4 nitrogen and oxygen atoms in total. The molecule has 1 aliphatic rings. The van der Waals surface area contributed by atoms with Crippen LogP contribution in [0, 0.1) is 5.82 Å². The number of anilines is 1. The van der Waals surface area contributed by atoms with Gasteiger partial charge in [-0.3, -0.25) is 0 Å². The van der Waals surface area contributed by atoms with E-state index in [2.05, 4.69) is 20.2 Å². The fourth-order valence-electron chi connectivity index (χ4n) is 2.40. The zero-order valence-electron chi connectivity index (χ0n) is 11.5. The summed E-state index contributed by atoms with van der Waals surface area (Å²) in [6, 6.07) is 4.92. The van der Waals surface area contributed by atoms with Gasteiger partial charge in [0.25, 0.3) is 0 Å². The van der Waals surface area contributed by atoms with Crippen LogP contribution in [0.4, 0.5) is 10.3 Å². The number of nitrogens with one attached hydrogen (secondary N) is 1. The normalized spacial score (nSPS) is 15.8. The summed E-state index contributed by atoms with van der Waals surface area (Å²) in [6.45, 7) is 3.75. The van der Waals surface area contributed by atoms with E-state index in [1.54, 1.807) is 24.5 Å². The van der Waals surface area contributed by atoms with Gasteiger partial charge in [-0.2, -0.15) is 0 Å². The van der Waals surface area contributed by atoms with E-state index in [1.165, 1.54) is 6.07 Å². The molecule has 1 aliphatic heterocycles. The molecule has 0 unspecified atom stereocenters. The fraction of sp³-hybridized carbons (Fsp3) is 0.333. The molecule has 2 heterocycles. The minimum atomic E-state index is -0.436. The summed E-state index contributed by atoms with van der Waals surface area (Å²) >= 11 is 5.80. The van der Waals surface area contributed by atoms with Crippen molar-refractivity contribution in [3.8, 4) is 11.1 Å². The smallest absolute Gasteiger partial charge is 0.225 e. The van der Waals surface area contributed by atoms with Crippen LogP contribution in [0.25, 0.3) is 11.1 Å². The molecule has 110 valence electrons. The van der Waals surface area contributed by atoms with Gasteiger partial charge in [0.05, 0.1) is 5.02 Å². The summed E-state index contributed by atoms with van der Waals surface area (Å²) in [7, 11) is 0. The van der Waals surface area contributed by atoms with Crippen molar-refractivity contribution in [2.75, 3.05) is 31.1 Å². The summed E-state index contributed by atoms with van der Waals surface area (Å²) < 4.78 is 14.0. The number of nitrogens with zero attached hydrogens (tertiary/aromatic N) is 3. The average Bonchev–Trinajstić information content (AvgIpc) is 2.79. The zero-order chi connectivity index (χ0) is 14.7. The molecule has 0 bridgehead atoms. The lowest BCUT2D eigenvalue weighted by Crippen LogP contribution is -2.29. The first kappa shape index (κ1) is 14.2. The molecule has 2 aromatic rings. The number of aromatic nitrogens is 2. The second kappa shape index (κ2) is 6.37. The van der Waals surface area contributed by atoms with Crippen LogP contribution in [0.5, 0.6) is 0 Å². The summed E-state index contributed by atoms with van der Waals surface area (Å²) in [5.74, 6) is 0.249. The van der Waals surface area contributed by atoms with E-state index >= 15 is 0 Å². The molecule has 0 saturated carbocycles. The molecule has 6 heteroatoms. The van der Waals surface area contributed by atoms with Crippen molar-refractivity contribution in [3.05, 3.63) is 41.4 Å². The molecular weight excluding hydrogens is 291 g/mol. The minimum absolute atomic E-state index is 0.107. The molecule has 1 saturated heterocycles. The van der Waals surface area contributed by atoms with Gasteiger partial charge in [-0.25, -0.2) is 14.4 Å². The number of hydrogen-bond donors (Lipinski definition) is 1. The number of halogens is 2. The van der Waals surface area contributed by atoms with Crippen LogP contribution in [0.2, 0.25) is 5.02 Å². The predicted octanol–water partition coefficient (Wildman–Crippen LogP) is 2.74. The average molecular weight is 307 g/mol. The van der Waals surface area contributed by atoms with E-state index in [-0.39, 0.29) is 5.02 Å². The lowest BCUT2D eigenvalue weighted by atomic mass is 10.1. The third kappa shape index (κ3) is 3.14. The summed E-state index contributed by atoms with van der Waals surface area (Å²) in [6.07, 6.45) is 4.36. The van der Waals surface area contributed by atoms with Crippen LogP contribution in [-0.4, -0.2) is 36.1 Å². The van der Waals surface area contributed by atoms with Gasteiger partial charge in [-0.15, -0.1) is 0 Å². The molecule has 1 fully saturated rings. The Labute approximate surface area is 128 Å². The molecule has 1 N–H and O–H groups in total. The Kier molecular flexibility index (Phi) is 4.31. The van der Waals surface area contributed by atoms with Gasteiger partial charge < -0.3 is 10.2 Å². The monoisotopic (exact) mass is 306 g/mol. The van der Waals surface area contributed by atoms with Crippen molar-refractivity contribution in [1.82, 2.24) is 15.3 Å². The van der Waals surface area contributed by atoms with Crippen LogP contribution in [0.3, 0.4) is 0 Å². The Balaban J connectivity index is 1.85. The minimum Gasteiger partial charge on any atom is -0.340 e. The quantitative estimate of drug-likeness (QED) is 0.926. The Morgan fingerprint density at radius 3 is 2.76 bits per heavy atom. The van der Waals surface area contributed by atoms with Crippen molar-refractivity contribution >= 4 is 17.5 Å². The van der Waals surface area contributed by atoms with Gasteiger partial charge in [-0.1, -0.05) is 23.7 Å². The van der Waals surface area contributed by atoms with E-state index in [0.29, 0.717) is 17.1 Å². The van der Waals surface area contributed by atoms with Crippen LogP contribution >= 0.6 is 11.6 Å². The van der Waals surface area contributed by atoms with Gasteiger partial charge in [0.2, 0.25) is 5.95 Å². The van der Waals surface area contributed by atoms with Gasteiger partial charge in [-0.05, 0) is 19.0 Å². The highest BCUT2D eigenvalue weighted by atomic mass is 35.5. The van der Waals surface area contributed by atoms with Crippen molar-refractivity contribution < 1.29 is 4.39 Å². The Hall–Kier alpha value is -1.72. The maximum Gasteiger partial charge on any atom is 0.225 e. The van der Waals surface area contributed by atoms with Crippen molar-refractivity contribution in [1.29, 1.82) is 0 Å². The highest BCUT2D eigenvalue weighted by Crippen LogP contribution is 2.27. The van der Waals surface area contributed by atoms with E-state index < -0.39 is 5.82 Å². The van der Waals surface area contributed by atoms with E-state index in [1.807, 2.05) is 0 Å². The van der Waals surface area contributed by atoms with Crippen LogP contribution in [0.1, 0.15) is 6.42 Å². The van der Waals surface area contributed by atoms with Crippen molar-refractivity contribution in [2.24, 2.45) is 0 Å². The lowest BCUT2D eigenvalue weighted by Gasteiger charge is -2.19. The predicted molar refractivity (Wildman–Crippen MR) is 82.1 cm³/mol. The number of hydrogen-bond acceptors (Lipinski definition) is 4. The first-order valence-electron chi connectivity index (χ1n) is 6.98. The molecule has 3 rings (SSSR count). The van der Waals surface area contributed by atoms with Crippen molar-refractivity contribution in [3.63, 3.8) is 0 Å². The fourth-order valence-corrected chi connectivity index (χ4v) is 2.57. The largest absolute Gasteiger partial charge is 0.340 e. The van der Waals surface area contributed by atoms with Crippen LogP contribution in [-0.2, 0) is 0 Å². The molecule has 1 aromatic heterocycles. The summed E-state index contributed by atoms with van der Waals surface area (Å²) in [5.41, 5.74) is 1.05. The molecule has 0 radical (unpaired) electrons. The molecule has 0 aliphatic carbocycles. The molecule has 21 heavy (non-hydrogen) atoms. The first-order chi connectivity index (χ1) is 10.3. The van der Waals surface area contributed by atoms with Crippen LogP contribution < -0.4 is 10.2 Å². The highest BCUT2D eigenvalue weighted by Gasteiger charge is 2.13. The lowest BCUT2D eigenvalue weighted by molar-refractivity contribution is 0.631. The SMILES string of the molecule is Fc1c(Cl)cccc1-c1cnc(N2CCCNCC2)nc1. The van der Waals surface area contributed by atoms with E-state index in [9.17, 15) is 4.39 Å². The maximum absolute atomic E-state index is 14.0. The molecule has 0 amide bonds.